The summed E-state index contributed by atoms with van der Waals surface area (Å²) >= 11 is 1.65. The van der Waals surface area contributed by atoms with E-state index in [0.717, 1.165) is 21.6 Å². The van der Waals surface area contributed by atoms with E-state index in [2.05, 4.69) is 33.7 Å². The molecule has 1 aliphatic rings. The van der Waals surface area contributed by atoms with Crippen LogP contribution in [-0.2, 0) is 4.79 Å². The molecule has 0 spiro atoms. The maximum atomic E-state index is 13.2. The van der Waals surface area contributed by atoms with E-state index in [-0.39, 0.29) is 23.6 Å². The van der Waals surface area contributed by atoms with Gasteiger partial charge in [0.2, 0.25) is 17.6 Å². The van der Waals surface area contributed by atoms with E-state index < -0.39 is 6.04 Å². The molecule has 0 fully saturated rings. The molecule has 1 N–H and O–H groups in total. The van der Waals surface area contributed by atoms with Gasteiger partial charge in [0.05, 0.1) is 21.1 Å². The third-order valence-electron chi connectivity index (χ3n) is 5.67. The molecule has 1 amide bonds. The summed E-state index contributed by atoms with van der Waals surface area (Å²) < 4.78 is 19.6. The molecule has 0 saturated carbocycles. The Kier molecular flexibility index (Phi) is 5.53. The van der Waals surface area contributed by atoms with Crippen LogP contribution in [0.15, 0.2) is 65.2 Å². The number of nitrogens with zero attached hydrogens (tertiary/aromatic N) is 3. The molecule has 1 aliphatic carbocycles. The predicted octanol–water partition coefficient (Wildman–Crippen LogP) is 5.41. The van der Waals surface area contributed by atoms with Crippen LogP contribution >= 0.6 is 11.3 Å². The molecule has 3 atom stereocenters. The molecule has 6 nitrogen and oxygen atoms in total. The molecule has 2 aromatic heterocycles. The van der Waals surface area contributed by atoms with Gasteiger partial charge in [-0.05, 0) is 56.2 Å². The molecular formula is C24H21FN4O2S. The number of thiazole rings is 1. The van der Waals surface area contributed by atoms with Crippen molar-refractivity contribution >= 4 is 27.5 Å². The van der Waals surface area contributed by atoms with Gasteiger partial charge < -0.3 is 9.84 Å². The Bertz CT molecular complexity index is 1250. The molecule has 32 heavy (non-hydrogen) atoms. The van der Waals surface area contributed by atoms with Gasteiger partial charge >= 0.3 is 0 Å². The molecule has 5 rings (SSSR count). The molecule has 0 radical (unpaired) electrons. The smallest absolute Gasteiger partial charge is 0.249 e. The molecule has 0 aliphatic heterocycles. The summed E-state index contributed by atoms with van der Waals surface area (Å²) in [4.78, 5) is 22.4. The summed E-state index contributed by atoms with van der Waals surface area (Å²) in [6.07, 6.45) is 5.61. The Labute approximate surface area is 188 Å². The second kappa shape index (κ2) is 8.63. The summed E-state index contributed by atoms with van der Waals surface area (Å²) in [6, 6.07) is 13.4. The van der Waals surface area contributed by atoms with Crippen molar-refractivity contribution in [2.45, 2.75) is 31.7 Å². The molecule has 0 bridgehead atoms. The zero-order valence-electron chi connectivity index (χ0n) is 17.4. The van der Waals surface area contributed by atoms with Crippen LogP contribution in [0.1, 0.15) is 42.6 Å². The molecule has 0 saturated heterocycles. The van der Waals surface area contributed by atoms with Crippen molar-refractivity contribution in [3.63, 3.8) is 0 Å². The fraction of sp³-hybridized carbons (Fsp3) is 0.250. The number of hydrogen-bond donors (Lipinski definition) is 1. The highest BCUT2D eigenvalue weighted by atomic mass is 32.1. The van der Waals surface area contributed by atoms with E-state index in [4.69, 9.17) is 9.51 Å². The van der Waals surface area contributed by atoms with Gasteiger partial charge in [-0.15, -0.1) is 11.3 Å². The Morgan fingerprint density at radius 3 is 2.72 bits per heavy atom. The minimum absolute atomic E-state index is 0.0297. The van der Waals surface area contributed by atoms with Gasteiger partial charge in [0.25, 0.3) is 0 Å². The number of amides is 1. The normalized spacial score (nSPS) is 19.2. The third kappa shape index (κ3) is 4.05. The van der Waals surface area contributed by atoms with Crippen LogP contribution in [0.2, 0.25) is 0 Å². The van der Waals surface area contributed by atoms with Crippen molar-refractivity contribution in [3.8, 4) is 11.4 Å². The fourth-order valence-electron chi connectivity index (χ4n) is 3.93. The Morgan fingerprint density at radius 1 is 1.12 bits per heavy atom. The summed E-state index contributed by atoms with van der Waals surface area (Å²) in [7, 11) is 0. The van der Waals surface area contributed by atoms with Gasteiger partial charge in [-0.3, -0.25) is 4.79 Å². The monoisotopic (exact) mass is 448 g/mol. The van der Waals surface area contributed by atoms with Crippen LogP contribution in [0, 0.1) is 11.7 Å². The number of hydrogen-bond acceptors (Lipinski definition) is 6. The first-order valence-electron chi connectivity index (χ1n) is 10.5. The SMILES string of the molecule is CC(NC(=O)C1CC=CCC1c1nc2ccccc2s1)c1nc(-c2ccc(F)cc2)no1. The number of halogens is 1. The summed E-state index contributed by atoms with van der Waals surface area (Å²) in [6.45, 7) is 1.81. The van der Waals surface area contributed by atoms with Crippen molar-refractivity contribution in [1.82, 2.24) is 20.4 Å². The maximum Gasteiger partial charge on any atom is 0.249 e. The van der Waals surface area contributed by atoms with E-state index in [1.165, 1.54) is 12.1 Å². The molecule has 2 heterocycles. The largest absolute Gasteiger partial charge is 0.344 e. The summed E-state index contributed by atoms with van der Waals surface area (Å²) in [5.41, 5.74) is 1.61. The van der Waals surface area contributed by atoms with Crippen LogP contribution in [0.25, 0.3) is 21.6 Å². The van der Waals surface area contributed by atoms with Gasteiger partial charge in [0.1, 0.15) is 11.9 Å². The minimum Gasteiger partial charge on any atom is -0.344 e. The number of allylic oxidation sites excluding steroid dienone is 2. The minimum atomic E-state index is -0.453. The highest BCUT2D eigenvalue weighted by molar-refractivity contribution is 7.18. The van der Waals surface area contributed by atoms with Gasteiger partial charge in [-0.25, -0.2) is 9.37 Å². The van der Waals surface area contributed by atoms with Crippen molar-refractivity contribution in [2.24, 2.45) is 5.92 Å². The van der Waals surface area contributed by atoms with Crippen LogP contribution in [-0.4, -0.2) is 21.0 Å². The predicted molar refractivity (Wildman–Crippen MR) is 120 cm³/mol. The van der Waals surface area contributed by atoms with E-state index in [0.29, 0.717) is 23.7 Å². The van der Waals surface area contributed by atoms with Crippen LogP contribution in [0.4, 0.5) is 4.39 Å². The molecule has 162 valence electrons. The van der Waals surface area contributed by atoms with E-state index >= 15 is 0 Å². The molecule has 8 heteroatoms. The average Bonchev–Trinajstić information content (AvgIpc) is 3.47. The number of carbonyl (C=O) groups is 1. The number of rotatable bonds is 5. The summed E-state index contributed by atoms with van der Waals surface area (Å²) in [5.74, 6) is 0.0779. The standard InChI is InChI=1S/C24H21FN4O2S/c1-14(23-28-21(29-31-23)15-10-12-16(25)13-11-15)26-22(30)17-6-2-3-7-18(17)24-27-19-8-4-5-9-20(19)32-24/h2-5,8-14,17-18H,6-7H2,1H3,(H,26,30). The Hall–Kier alpha value is -3.39. The zero-order valence-corrected chi connectivity index (χ0v) is 18.2. The number of nitrogens with one attached hydrogen (secondary N) is 1. The average molecular weight is 449 g/mol. The van der Waals surface area contributed by atoms with Crippen molar-refractivity contribution in [3.05, 3.63) is 77.4 Å². The number of fused-ring (bicyclic) bond motifs is 1. The van der Waals surface area contributed by atoms with Gasteiger partial charge in [-0.2, -0.15) is 4.98 Å². The first-order valence-corrected chi connectivity index (χ1v) is 11.3. The first kappa shape index (κ1) is 20.5. The van der Waals surface area contributed by atoms with E-state index in [9.17, 15) is 9.18 Å². The lowest BCUT2D eigenvalue weighted by Gasteiger charge is -2.26. The van der Waals surface area contributed by atoms with Crippen molar-refractivity contribution in [1.29, 1.82) is 0 Å². The molecule has 3 unspecified atom stereocenters. The highest BCUT2D eigenvalue weighted by Gasteiger charge is 2.33. The van der Waals surface area contributed by atoms with Crippen molar-refractivity contribution in [2.75, 3.05) is 0 Å². The number of benzene rings is 2. The van der Waals surface area contributed by atoms with Gasteiger partial charge in [0.15, 0.2) is 0 Å². The van der Waals surface area contributed by atoms with Crippen LogP contribution in [0.5, 0.6) is 0 Å². The fourth-order valence-corrected chi connectivity index (χ4v) is 5.08. The number of carbonyl (C=O) groups excluding carboxylic acids is 1. The summed E-state index contributed by atoms with van der Waals surface area (Å²) in [5, 5.41) is 7.97. The Morgan fingerprint density at radius 2 is 1.91 bits per heavy atom. The third-order valence-corrected chi connectivity index (χ3v) is 6.84. The quantitative estimate of drug-likeness (QED) is 0.413. The molecule has 2 aromatic carbocycles. The van der Waals surface area contributed by atoms with Crippen molar-refractivity contribution < 1.29 is 13.7 Å². The van der Waals surface area contributed by atoms with E-state index in [1.54, 1.807) is 23.5 Å². The van der Waals surface area contributed by atoms with Gasteiger partial charge in [-0.1, -0.05) is 29.4 Å². The number of aromatic nitrogens is 3. The maximum absolute atomic E-state index is 13.2. The highest BCUT2D eigenvalue weighted by Crippen LogP contribution is 2.38. The van der Waals surface area contributed by atoms with E-state index in [1.807, 2.05) is 25.1 Å². The second-order valence-corrected chi connectivity index (χ2v) is 8.93. The second-order valence-electron chi connectivity index (χ2n) is 7.87. The lowest BCUT2D eigenvalue weighted by Crippen LogP contribution is -2.36. The number of para-hydroxylation sites is 1. The first-order chi connectivity index (χ1) is 15.6. The Balaban J connectivity index is 1.32. The van der Waals surface area contributed by atoms with Crippen LogP contribution in [0.3, 0.4) is 0 Å². The van der Waals surface area contributed by atoms with Crippen LogP contribution < -0.4 is 5.32 Å². The lowest BCUT2D eigenvalue weighted by molar-refractivity contribution is -0.126. The molecular weight excluding hydrogens is 427 g/mol. The molecule has 4 aromatic rings. The topological polar surface area (TPSA) is 80.9 Å². The lowest BCUT2D eigenvalue weighted by atomic mass is 9.82. The van der Waals surface area contributed by atoms with Gasteiger partial charge in [0, 0.05) is 11.5 Å². The zero-order chi connectivity index (χ0) is 22.1.